The summed E-state index contributed by atoms with van der Waals surface area (Å²) < 4.78 is 0. The van der Waals surface area contributed by atoms with E-state index in [-0.39, 0.29) is 19.3 Å². The first-order valence-corrected chi connectivity index (χ1v) is 10.7. The highest BCUT2D eigenvalue weighted by Gasteiger charge is 2.34. The molecule has 1 aromatic heterocycles. The standard InChI is InChI=1S/C25H32N2O4/c1-5-17(3)11-13-23(28)27(24(29)14-12-18(4)6-2)22(25(30)31)15-19-16-26-21-10-8-7-9-20(19)21/h7-12,16,22,26H,5-6,13-15H2,1-4H3,(H,30,31)/b17-11+,18-12+/t22-/m0/s1. The van der Waals surface area contributed by atoms with Crippen LogP contribution in [0.1, 0.15) is 58.9 Å². The van der Waals surface area contributed by atoms with Crippen LogP contribution >= 0.6 is 0 Å². The molecule has 6 nitrogen and oxygen atoms in total. The highest BCUT2D eigenvalue weighted by molar-refractivity contribution is 6.00. The van der Waals surface area contributed by atoms with Gasteiger partial charge in [-0.3, -0.25) is 14.5 Å². The van der Waals surface area contributed by atoms with Crippen LogP contribution in [0, 0.1) is 0 Å². The van der Waals surface area contributed by atoms with Crippen LogP contribution in [-0.2, 0) is 20.8 Å². The summed E-state index contributed by atoms with van der Waals surface area (Å²) in [4.78, 5) is 42.3. The summed E-state index contributed by atoms with van der Waals surface area (Å²) in [7, 11) is 0. The Balaban J connectivity index is 2.39. The van der Waals surface area contributed by atoms with Gasteiger partial charge in [-0.1, -0.05) is 55.3 Å². The van der Waals surface area contributed by atoms with Crippen molar-refractivity contribution in [1.29, 1.82) is 0 Å². The molecule has 0 aliphatic rings. The van der Waals surface area contributed by atoms with Gasteiger partial charge in [0.05, 0.1) is 0 Å². The fourth-order valence-corrected chi connectivity index (χ4v) is 3.29. The fraction of sp³-hybridized carbons (Fsp3) is 0.400. The smallest absolute Gasteiger partial charge is 0.327 e. The number of allylic oxidation sites excluding steroid dienone is 2. The molecule has 2 N–H and O–H groups in total. The van der Waals surface area contributed by atoms with Gasteiger partial charge in [0.1, 0.15) is 6.04 Å². The maximum absolute atomic E-state index is 13.0. The first kappa shape index (κ1) is 24.1. The Morgan fingerprint density at radius 1 is 1.00 bits per heavy atom. The van der Waals surface area contributed by atoms with E-state index in [9.17, 15) is 19.5 Å². The van der Waals surface area contributed by atoms with Crippen LogP contribution in [-0.4, -0.2) is 38.8 Å². The number of aliphatic carboxylic acids is 1. The minimum absolute atomic E-state index is 0.000444. The third-order valence-electron chi connectivity index (χ3n) is 5.59. The molecule has 0 bridgehead atoms. The van der Waals surface area contributed by atoms with Crippen LogP contribution in [0.4, 0.5) is 0 Å². The van der Waals surface area contributed by atoms with Gasteiger partial charge in [-0.25, -0.2) is 4.79 Å². The molecule has 2 aromatic rings. The lowest BCUT2D eigenvalue weighted by atomic mass is 10.0. The van der Waals surface area contributed by atoms with Gasteiger partial charge in [0.25, 0.3) is 0 Å². The van der Waals surface area contributed by atoms with Gasteiger partial charge >= 0.3 is 5.97 Å². The average molecular weight is 425 g/mol. The molecular weight excluding hydrogens is 392 g/mol. The van der Waals surface area contributed by atoms with Crippen LogP contribution in [0.15, 0.2) is 53.8 Å². The Labute approximate surface area is 183 Å². The summed E-state index contributed by atoms with van der Waals surface area (Å²) in [6, 6.07) is 6.29. The Bertz CT molecular complexity index is 966. The van der Waals surface area contributed by atoms with Crippen molar-refractivity contribution in [2.24, 2.45) is 0 Å². The molecular formula is C25H32N2O4. The summed E-state index contributed by atoms with van der Waals surface area (Å²) in [5, 5.41) is 10.9. The molecule has 0 unspecified atom stereocenters. The second kappa shape index (κ2) is 11.3. The predicted molar refractivity (Wildman–Crippen MR) is 123 cm³/mol. The van der Waals surface area contributed by atoms with Gasteiger partial charge in [0, 0.05) is 36.4 Å². The Hall–Kier alpha value is -3.15. The molecule has 2 rings (SSSR count). The van der Waals surface area contributed by atoms with Crippen LogP contribution in [0.3, 0.4) is 0 Å². The SMILES string of the molecule is CC/C(C)=C/CC(=O)N(C(=O)C/C=C(\C)CC)[C@@H](Cc1c[nH]c2ccccc12)C(=O)O. The second-order valence-corrected chi connectivity index (χ2v) is 7.79. The number of hydrogen-bond acceptors (Lipinski definition) is 3. The number of carbonyl (C=O) groups excluding carboxylic acids is 2. The van der Waals surface area contributed by atoms with Gasteiger partial charge in [-0.15, -0.1) is 0 Å². The molecule has 0 spiro atoms. The van der Waals surface area contributed by atoms with E-state index in [4.69, 9.17) is 0 Å². The molecule has 31 heavy (non-hydrogen) atoms. The highest BCUT2D eigenvalue weighted by atomic mass is 16.4. The van der Waals surface area contributed by atoms with E-state index in [2.05, 4.69) is 4.98 Å². The van der Waals surface area contributed by atoms with E-state index < -0.39 is 23.8 Å². The van der Waals surface area contributed by atoms with Gasteiger partial charge in [-0.2, -0.15) is 0 Å². The number of rotatable bonds is 10. The number of carbonyl (C=O) groups is 3. The fourth-order valence-electron chi connectivity index (χ4n) is 3.29. The number of aromatic nitrogens is 1. The van der Waals surface area contributed by atoms with Crippen molar-refractivity contribution in [1.82, 2.24) is 9.88 Å². The average Bonchev–Trinajstić information content (AvgIpc) is 3.17. The van der Waals surface area contributed by atoms with Gasteiger partial charge in [0.2, 0.25) is 11.8 Å². The number of imide groups is 1. The van der Waals surface area contributed by atoms with Crippen molar-refractivity contribution in [2.45, 2.75) is 65.8 Å². The number of aromatic amines is 1. The van der Waals surface area contributed by atoms with Gasteiger partial charge in [0.15, 0.2) is 0 Å². The number of nitrogens with zero attached hydrogens (tertiary/aromatic N) is 1. The highest BCUT2D eigenvalue weighted by Crippen LogP contribution is 2.22. The number of hydrogen-bond donors (Lipinski definition) is 2. The maximum atomic E-state index is 13.0. The van der Waals surface area contributed by atoms with Crippen molar-refractivity contribution < 1.29 is 19.5 Å². The topological polar surface area (TPSA) is 90.5 Å². The Morgan fingerprint density at radius 2 is 1.55 bits per heavy atom. The van der Waals surface area contributed by atoms with Crippen molar-refractivity contribution >= 4 is 28.7 Å². The molecule has 6 heteroatoms. The number of H-pyrrole nitrogens is 1. The van der Waals surface area contributed by atoms with Crippen LogP contribution in [0.5, 0.6) is 0 Å². The first-order chi connectivity index (χ1) is 14.8. The molecule has 0 fully saturated rings. The molecule has 0 aliphatic heterocycles. The molecule has 1 atom stereocenters. The molecule has 2 amide bonds. The normalized spacial score (nSPS) is 13.3. The van der Waals surface area contributed by atoms with Crippen LogP contribution in [0.2, 0.25) is 0 Å². The summed E-state index contributed by atoms with van der Waals surface area (Å²) >= 11 is 0. The number of nitrogens with one attached hydrogen (secondary N) is 1. The number of para-hydroxylation sites is 1. The lowest BCUT2D eigenvalue weighted by Crippen LogP contribution is -2.49. The number of carboxylic acid groups (broad SMARTS) is 1. The zero-order chi connectivity index (χ0) is 23.0. The van der Waals surface area contributed by atoms with Crippen LogP contribution < -0.4 is 0 Å². The summed E-state index contributed by atoms with van der Waals surface area (Å²) in [5.41, 5.74) is 3.68. The Morgan fingerprint density at radius 3 is 2.06 bits per heavy atom. The number of benzene rings is 1. The molecule has 1 heterocycles. The zero-order valence-electron chi connectivity index (χ0n) is 18.8. The van der Waals surface area contributed by atoms with E-state index >= 15 is 0 Å². The molecule has 0 saturated carbocycles. The lowest BCUT2D eigenvalue weighted by Gasteiger charge is -2.27. The van der Waals surface area contributed by atoms with Crippen molar-refractivity contribution in [3.05, 3.63) is 59.3 Å². The van der Waals surface area contributed by atoms with Gasteiger partial charge < -0.3 is 10.1 Å². The molecule has 166 valence electrons. The third-order valence-corrected chi connectivity index (χ3v) is 5.59. The summed E-state index contributed by atoms with van der Waals surface area (Å²) in [6.07, 6.45) is 6.90. The zero-order valence-corrected chi connectivity index (χ0v) is 18.8. The van der Waals surface area contributed by atoms with Crippen molar-refractivity contribution in [3.8, 4) is 0 Å². The van der Waals surface area contributed by atoms with Crippen molar-refractivity contribution in [2.75, 3.05) is 0 Å². The van der Waals surface area contributed by atoms with Gasteiger partial charge in [-0.05, 0) is 38.3 Å². The third kappa shape index (κ3) is 6.41. The summed E-state index contributed by atoms with van der Waals surface area (Å²) in [5.74, 6) is -2.18. The quantitative estimate of drug-likeness (QED) is 0.525. The number of fused-ring (bicyclic) bond motifs is 1. The van der Waals surface area contributed by atoms with E-state index in [0.717, 1.165) is 45.4 Å². The molecule has 0 radical (unpaired) electrons. The molecule has 1 aromatic carbocycles. The summed E-state index contributed by atoms with van der Waals surface area (Å²) in [6.45, 7) is 7.78. The number of carboxylic acids is 1. The van der Waals surface area contributed by atoms with E-state index in [1.165, 1.54) is 0 Å². The monoisotopic (exact) mass is 424 g/mol. The minimum Gasteiger partial charge on any atom is -0.480 e. The second-order valence-electron chi connectivity index (χ2n) is 7.79. The first-order valence-electron chi connectivity index (χ1n) is 10.7. The Kier molecular flexibility index (Phi) is 8.79. The van der Waals surface area contributed by atoms with Crippen LogP contribution in [0.25, 0.3) is 10.9 Å². The largest absolute Gasteiger partial charge is 0.480 e. The molecule has 0 saturated heterocycles. The lowest BCUT2D eigenvalue weighted by molar-refractivity contribution is -0.157. The maximum Gasteiger partial charge on any atom is 0.327 e. The van der Waals surface area contributed by atoms with E-state index in [1.807, 2.05) is 52.0 Å². The predicted octanol–water partition coefficient (Wildman–Crippen LogP) is 5.01. The number of amides is 2. The van der Waals surface area contributed by atoms with E-state index in [0.29, 0.717) is 0 Å². The molecule has 0 aliphatic carbocycles. The van der Waals surface area contributed by atoms with Crippen molar-refractivity contribution in [3.63, 3.8) is 0 Å². The minimum atomic E-state index is -1.27. The van der Waals surface area contributed by atoms with E-state index in [1.54, 1.807) is 18.3 Å².